The van der Waals surface area contributed by atoms with Gasteiger partial charge in [0.15, 0.2) is 10.9 Å². The Balaban J connectivity index is 1.59. The van der Waals surface area contributed by atoms with Crippen molar-refractivity contribution < 1.29 is 13.9 Å². The number of Topliss-reactive ketones (excluding diaryl/α,β-unsaturated/α-hetero) is 1. The number of ketones is 1. The van der Waals surface area contributed by atoms with E-state index in [4.69, 9.17) is 9.72 Å². The van der Waals surface area contributed by atoms with Gasteiger partial charge in [-0.05, 0) is 55.8 Å². The van der Waals surface area contributed by atoms with Gasteiger partial charge in [0.2, 0.25) is 0 Å². The van der Waals surface area contributed by atoms with Crippen molar-refractivity contribution in [1.29, 1.82) is 0 Å². The zero-order valence-electron chi connectivity index (χ0n) is 18.1. The Morgan fingerprint density at radius 1 is 1.18 bits per heavy atom. The topological polar surface area (TPSA) is 61.2 Å². The highest BCUT2D eigenvalue weighted by Gasteiger charge is 2.31. The molecule has 5 nitrogen and oxygen atoms in total. The van der Waals surface area contributed by atoms with Gasteiger partial charge in [0.05, 0.1) is 29.0 Å². The van der Waals surface area contributed by atoms with E-state index in [0.717, 1.165) is 10.4 Å². The normalized spacial score (nSPS) is 14.9. The molecule has 5 rings (SSSR count). The van der Waals surface area contributed by atoms with Crippen molar-refractivity contribution in [2.45, 2.75) is 37.6 Å². The van der Waals surface area contributed by atoms with E-state index in [1.807, 2.05) is 44.2 Å². The zero-order chi connectivity index (χ0) is 23.2. The van der Waals surface area contributed by atoms with Gasteiger partial charge in [0, 0.05) is 16.9 Å². The van der Waals surface area contributed by atoms with Gasteiger partial charge in [-0.1, -0.05) is 30.0 Å². The quantitative estimate of drug-likeness (QED) is 0.217. The molecule has 8 heteroatoms. The molecular formula is C25H21FN2O3S2. The Kier molecular flexibility index (Phi) is 5.68. The number of rotatable bonds is 5. The number of aromatic nitrogens is 2. The molecular weight excluding hydrogens is 459 g/mol. The van der Waals surface area contributed by atoms with E-state index in [1.54, 1.807) is 4.57 Å². The predicted molar refractivity (Wildman–Crippen MR) is 129 cm³/mol. The second-order valence-electron chi connectivity index (χ2n) is 8.50. The summed E-state index contributed by atoms with van der Waals surface area (Å²) in [5, 5.41) is 1.08. The van der Waals surface area contributed by atoms with Crippen LogP contribution in [0, 0.1) is 5.82 Å². The van der Waals surface area contributed by atoms with Gasteiger partial charge in [-0.2, -0.15) is 0 Å². The number of thioether (sulfide) groups is 1. The molecule has 2 aromatic carbocycles. The van der Waals surface area contributed by atoms with E-state index in [-0.39, 0.29) is 22.7 Å². The number of thiophene rings is 1. The third-order valence-electron chi connectivity index (χ3n) is 5.59. The fourth-order valence-electron chi connectivity index (χ4n) is 3.92. The minimum atomic E-state index is -0.391. The van der Waals surface area contributed by atoms with Crippen molar-refractivity contribution in [2.24, 2.45) is 0 Å². The van der Waals surface area contributed by atoms with Crippen LogP contribution in [-0.2, 0) is 17.8 Å². The number of hydrogen-bond acceptors (Lipinski definition) is 6. The van der Waals surface area contributed by atoms with Gasteiger partial charge in [0.1, 0.15) is 10.6 Å². The number of carbonyl (C=O) groups is 1. The van der Waals surface area contributed by atoms with E-state index in [0.29, 0.717) is 39.7 Å². The summed E-state index contributed by atoms with van der Waals surface area (Å²) in [6.07, 6.45) is 0.642. The second kappa shape index (κ2) is 8.52. The second-order valence-corrected chi connectivity index (χ2v) is 10.5. The lowest BCUT2D eigenvalue weighted by atomic mass is 9.94. The van der Waals surface area contributed by atoms with Crippen LogP contribution in [-0.4, -0.2) is 26.7 Å². The molecule has 1 aliphatic rings. The van der Waals surface area contributed by atoms with Crippen LogP contribution >= 0.6 is 23.1 Å². The van der Waals surface area contributed by atoms with Crippen LogP contribution in [0.1, 0.15) is 34.6 Å². The third-order valence-corrected chi connectivity index (χ3v) is 7.62. The molecule has 1 aliphatic heterocycles. The largest absolute Gasteiger partial charge is 0.370 e. The minimum Gasteiger partial charge on any atom is -0.370 e. The maximum atomic E-state index is 13.8. The Labute approximate surface area is 198 Å². The maximum Gasteiger partial charge on any atom is 0.267 e. The molecule has 0 amide bonds. The standard InChI is InChI=1S/C25H21FN2O3S2/c1-25(2)12-18-20(13-31-25)33-22-21(18)23(30)28(17-6-4-3-5-7-17)24(27-22)32-14-19(29)15-8-10-16(26)11-9-15/h3-11H,12-14H2,1-2H3. The lowest BCUT2D eigenvalue weighted by Gasteiger charge is -2.29. The average Bonchev–Trinajstić information content (AvgIpc) is 3.15. The van der Waals surface area contributed by atoms with Crippen molar-refractivity contribution in [3.8, 4) is 5.69 Å². The van der Waals surface area contributed by atoms with Crippen LogP contribution in [0.25, 0.3) is 15.9 Å². The monoisotopic (exact) mass is 480 g/mol. The van der Waals surface area contributed by atoms with Crippen molar-refractivity contribution in [3.05, 3.63) is 86.8 Å². The number of fused-ring (bicyclic) bond motifs is 3. The molecule has 0 unspecified atom stereocenters. The van der Waals surface area contributed by atoms with Crippen molar-refractivity contribution in [3.63, 3.8) is 0 Å². The number of benzene rings is 2. The predicted octanol–water partition coefficient (Wildman–Crippen LogP) is 5.41. The SMILES string of the molecule is CC1(C)Cc2c(sc3nc(SCC(=O)c4ccc(F)cc4)n(-c4ccccc4)c(=O)c23)CO1. The molecule has 0 bridgehead atoms. The first-order valence-corrected chi connectivity index (χ1v) is 12.3. The van der Waals surface area contributed by atoms with Gasteiger partial charge in [-0.15, -0.1) is 11.3 Å². The number of carbonyl (C=O) groups excluding carboxylic acids is 1. The lowest BCUT2D eigenvalue weighted by Crippen LogP contribution is -2.32. The van der Waals surface area contributed by atoms with Crippen molar-refractivity contribution in [1.82, 2.24) is 9.55 Å². The summed E-state index contributed by atoms with van der Waals surface area (Å²) >= 11 is 2.68. The van der Waals surface area contributed by atoms with Gasteiger partial charge in [-0.25, -0.2) is 9.37 Å². The smallest absolute Gasteiger partial charge is 0.267 e. The van der Waals surface area contributed by atoms with Gasteiger partial charge in [-0.3, -0.25) is 14.2 Å². The van der Waals surface area contributed by atoms with E-state index < -0.39 is 5.82 Å². The van der Waals surface area contributed by atoms with Crippen LogP contribution in [0.15, 0.2) is 64.5 Å². The third kappa shape index (κ3) is 4.26. The maximum absolute atomic E-state index is 13.8. The summed E-state index contributed by atoms with van der Waals surface area (Å²) in [6, 6.07) is 14.8. The molecule has 0 radical (unpaired) electrons. The summed E-state index contributed by atoms with van der Waals surface area (Å²) in [7, 11) is 0. The first-order chi connectivity index (χ1) is 15.8. The molecule has 0 N–H and O–H groups in total. The molecule has 0 spiro atoms. The summed E-state index contributed by atoms with van der Waals surface area (Å²) in [6.45, 7) is 4.50. The van der Waals surface area contributed by atoms with Gasteiger partial charge < -0.3 is 4.74 Å². The highest BCUT2D eigenvalue weighted by atomic mass is 32.2. The summed E-state index contributed by atoms with van der Waals surface area (Å²) in [5.74, 6) is -0.467. The number of hydrogen-bond donors (Lipinski definition) is 0. The van der Waals surface area contributed by atoms with Crippen molar-refractivity contribution in [2.75, 3.05) is 5.75 Å². The van der Waals surface area contributed by atoms with Crippen LogP contribution in [0.5, 0.6) is 0 Å². The number of ether oxygens (including phenoxy) is 1. The molecule has 4 aromatic rings. The fourth-order valence-corrected chi connectivity index (χ4v) is 5.98. The minimum absolute atomic E-state index is 0.0810. The van der Waals surface area contributed by atoms with E-state index in [9.17, 15) is 14.0 Å². The summed E-state index contributed by atoms with van der Waals surface area (Å²) < 4.78 is 20.7. The number of nitrogens with zero attached hydrogens (tertiary/aromatic N) is 2. The Bertz CT molecular complexity index is 1410. The number of halogens is 1. The van der Waals surface area contributed by atoms with Crippen LogP contribution < -0.4 is 5.56 Å². The summed E-state index contributed by atoms with van der Waals surface area (Å²) in [5.41, 5.74) is 1.63. The molecule has 0 saturated carbocycles. The summed E-state index contributed by atoms with van der Waals surface area (Å²) in [4.78, 5) is 33.0. The molecule has 168 valence electrons. The van der Waals surface area contributed by atoms with Crippen LogP contribution in [0.3, 0.4) is 0 Å². The first-order valence-electron chi connectivity index (χ1n) is 10.5. The Hall–Kier alpha value is -2.81. The van der Waals surface area contributed by atoms with Crippen molar-refractivity contribution >= 4 is 39.1 Å². The Morgan fingerprint density at radius 3 is 2.64 bits per heavy atom. The highest BCUT2D eigenvalue weighted by molar-refractivity contribution is 7.99. The van der Waals surface area contributed by atoms with Crippen LogP contribution in [0.4, 0.5) is 4.39 Å². The van der Waals surface area contributed by atoms with E-state index >= 15 is 0 Å². The molecule has 3 heterocycles. The molecule has 0 fully saturated rings. The first kappa shape index (κ1) is 22.0. The molecule has 33 heavy (non-hydrogen) atoms. The van der Waals surface area contributed by atoms with Gasteiger partial charge >= 0.3 is 0 Å². The molecule has 0 atom stereocenters. The zero-order valence-corrected chi connectivity index (χ0v) is 19.8. The van der Waals surface area contributed by atoms with Crippen LogP contribution in [0.2, 0.25) is 0 Å². The molecule has 0 saturated heterocycles. The fraction of sp³-hybridized carbons (Fsp3) is 0.240. The Morgan fingerprint density at radius 2 is 1.91 bits per heavy atom. The van der Waals surface area contributed by atoms with Gasteiger partial charge in [0.25, 0.3) is 5.56 Å². The van der Waals surface area contributed by atoms with E-state index in [2.05, 4.69) is 0 Å². The van der Waals surface area contributed by atoms with E-state index in [1.165, 1.54) is 47.4 Å². The average molecular weight is 481 g/mol. The molecule has 2 aromatic heterocycles. The molecule has 0 aliphatic carbocycles. The number of para-hydroxylation sites is 1. The highest BCUT2D eigenvalue weighted by Crippen LogP contribution is 2.38. The lowest BCUT2D eigenvalue weighted by molar-refractivity contribution is -0.0379.